The summed E-state index contributed by atoms with van der Waals surface area (Å²) < 4.78 is 47.3. The number of allylic oxidation sites excluding steroid dienone is 2. The van der Waals surface area contributed by atoms with Crippen molar-refractivity contribution < 1.29 is 82.0 Å². The molecule has 0 aromatic heterocycles. The summed E-state index contributed by atoms with van der Waals surface area (Å²) in [4.78, 5) is 84.3. The number of rotatable bonds is 26. The van der Waals surface area contributed by atoms with Crippen molar-refractivity contribution in [3.05, 3.63) is 95.1 Å². The Kier molecular flexibility index (Phi) is 21.4. The van der Waals surface area contributed by atoms with E-state index in [0.29, 0.717) is 12.0 Å². The number of nitrogens with one attached hydrogen (secondary N) is 1. The summed E-state index contributed by atoms with van der Waals surface area (Å²) in [6.45, 7) is 10.00. The molecular formula is C62H85NO17. The number of aliphatic hydroxyl groups is 3. The SMILES string of the molecule is CCCCCCCC/C=C\CCCCCCC[C@@H]1OC[C@H](COC(=O)O[C@@H](C(=O)O[C@H]2C[C@@]3(O)[C@@H](O)C4[C@](C)(C(=O)[C@H](OC(C)=O)C(=C2C)C3(C)C)[C@@H](O)C[C@H]2OC[C@@]42OC(C)=O)[C@@H](NC(=O)c2ccccc2)c2ccccc2)O1. The second kappa shape index (κ2) is 27.5. The topological polar surface area (TPSA) is 249 Å². The van der Waals surface area contributed by atoms with Gasteiger partial charge < -0.3 is 58.5 Å². The zero-order chi connectivity index (χ0) is 57.8. The highest BCUT2D eigenvalue weighted by Crippen LogP contribution is 2.63. The molecule has 7 rings (SSSR count). The average Bonchev–Trinajstić information content (AvgIpc) is 3.97. The van der Waals surface area contributed by atoms with Crippen molar-refractivity contribution in [3.8, 4) is 0 Å². The minimum Gasteiger partial charge on any atom is -0.455 e. The molecule has 1 unspecified atom stereocenters. The first kappa shape index (κ1) is 62.1. The van der Waals surface area contributed by atoms with Gasteiger partial charge in [0.25, 0.3) is 5.91 Å². The highest BCUT2D eigenvalue weighted by Gasteiger charge is 2.77. The molecule has 2 heterocycles. The predicted molar refractivity (Wildman–Crippen MR) is 292 cm³/mol. The van der Waals surface area contributed by atoms with Crippen LogP contribution in [0.25, 0.3) is 0 Å². The number of carbonyl (C=O) groups is 6. The molecule has 3 aliphatic carbocycles. The number of benzene rings is 2. The first-order chi connectivity index (χ1) is 38.2. The van der Waals surface area contributed by atoms with Crippen LogP contribution in [-0.2, 0) is 57.1 Å². The van der Waals surface area contributed by atoms with E-state index >= 15 is 9.59 Å². The fourth-order valence-electron chi connectivity index (χ4n) is 12.8. The van der Waals surface area contributed by atoms with Gasteiger partial charge in [0.15, 0.2) is 23.8 Å². The molecule has 4 N–H and O–H groups in total. The molecule has 2 saturated carbocycles. The van der Waals surface area contributed by atoms with E-state index in [2.05, 4.69) is 24.4 Å². The van der Waals surface area contributed by atoms with Gasteiger partial charge in [0.2, 0.25) is 6.10 Å². The highest BCUT2D eigenvalue weighted by molar-refractivity contribution is 5.96. The number of fused-ring (bicyclic) bond motifs is 5. The number of unbranched alkanes of at least 4 members (excludes halogenated alkanes) is 11. The third-order valence-electron chi connectivity index (χ3n) is 17.4. The standard InChI is InChI=1S/C62H85NO17/c1-8-9-10-11-12-13-14-15-16-17-18-19-20-21-28-33-48-73-36-44(77-48)37-74-58(71)79-52(50(42-29-24-22-25-30-42)63-56(69)43-31-26-23-27-32-43)57(70)78-45-35-62(72)55(68)53-60(7,46(66)34-47-61(53,38-75-47)80-41(4)65)54(67)51(76-40(3)64)49(39(45)2)59(62,5)6/h15-16,22-27,29-32,44-48,50-53,55,66,68,72H,8-14,17-21,28,33-38H2,1-7H3,(H,63,69)/b16-15-/t44-,45+,46+,47-,48-,50+,51-,52-,53?,55+,60-,61+,62-/m1/s1. The summed E-state index contributed by atoms with van der Waals surface area (Å²) in [5.74, 6) is -5.97. The van der Waals surface area contributed by atoms with Crippen LogP contribution in [-0.4, -0.2) is 131 Å². The maximum Gasteiger partial charge on any atom is 0.509 e. The van der Waals surface area contributed by atoms with Crippen molar-refractivity contribution in [3.63, 3.8) is 0 Å². The van der Waals surface area contributed by atoms with E-state index in [1.165, 1.54) is 52.4 Å². The molecule has 4 fully saturated rings. The molecule has 5 aliphatic rings. The average molecular weight is 1120 g/mol. The van der Waals surface area contributed by atoms with Gasteiger partial charge in [-0.15, -0.1) is 0 Å². The van der Waals surface area contributed by atoms with E-state index in [1.54, 1.807) is 74.5 Å². The number of ether oxygens (including phenoxy) is 8. The van der Waals surface area contributed by atoms with Crippen molar-refractivity contribution >= 4 is 35.8 Å². The Morgan fingerprint density at radius 3 is 2.05 bits per heavy atom. The van der Waals surface area contributed by atoms with Crippen molar-refractivity contribution in [2.45, 2.75) is 217 Å². The van der Waals surface area contributed by atoms with Crippen LogP contribution in [0.5, 0.6) is 0 Å². The van der Waals surface area contributed by atoms with Gasteiger partial charge in [0.1, 0.15) is 36.6 Å². The van der Waals surface area contributed by atoms with Gasteiger partial charge in [-0.05, 0) is 81.2 Å². The largest absolute Gasteiger partial charge is 0.509 e. The van der Waals surface area contributed by atoms with Crippen molar-refractivity contribution in [2.24, 2.45) is 16.7 Å². The van der Waals surface area contributed by atoms with Crippen LogP contribution >= 0.6 is 0 Å². The minimum absolute atomic E-state index is 0.0214. The second-order valence-electron chi connectivity index (χ2n) is 23.2. The van der Waals surface area contributed by atoms with Crippen molar-refractivity contribution in [2.75, 3.05) is 19.8 Å². The van der Waals surface area contributed by atoms with E-state index in [9.17, 15) is 34.5 Å². The van der Waals surface area contributed by atoms with Gasteiger partial charge in [0.05, 0.1) is 30.8 Å². The minimum atomic E-state index is -2.41. The molecule has 2 aromatic carbocycles. The quantitative estimate of drug-likeness (QED) is 0.0297. The molecule has 440 valence electrons. The first-order valence-electron chi connectivity index (χ1n) is 28.9. The molecule has 2 aliphatic heterocycles. The maximum absolute atomic E-state index is 15.4. The number of aliphatic hydroxyl groups excluding tert-OH is 2. The lowest BCUT2D eigenvalue weighted by molar-refractivity contribution is -0.346. The van der Waals surface area contributed by atoms with Gasteiger partial charge in [0, 0.05) is 43.6 Å². The van der Waals surface area contributed by atoms with Gasteiger partial charge in [-0.25, -0.2) is 9.59 Å². The Morgan fingerprint density at radius 2 is 1.44 bits per heavy atom. The van der Waals surface area contributed by atoms with E-state index in [1.807, 2.05) is 0 Å². The lowest BCUT2D eigenvalue weighted by Crippen LogP contribution is -2.81. The fraction of sp³-hybridized carbons (Fsp3) is 0.645. The number of ketones is 1. The highest BCUT2D eigenvalue weighted by atomic mass is 16.8. The Bertz CT molecular complexity index is 2520. The molecule has 2 aromatic rings. The number of amides is 1. The molecule has 1 amide bonds. The molecule has 18 heteroatoms. The van der Waals surface area contributed by atoms with Crippen molar-refractivity contribution in [1.29, 1.82) is 0 Å². The molecule has 2 saturated heterocycles. The summed E-state index contributed by atoms with van der Waals surface area (Å²) in [6.07, 6.45) is 7.52. The smallest absolute Gasteiger partial charge is 0.455 e. The number of hydrogen-bond acceptors (Lipinski definition) is 17. The molecular weight excluding hydrogens is 1030 g/mol. The van der Waals surface area contributed by atoms with Crippen LogP contribution in [0.4, 0.5) is 4.79 Å². The zero-order valence-corrected chi connectivity index (χ0v) is 47.7. The molecule has 0 spiro atoms. The first-order valence-corrected chi connectivity index (χ1v) is 28.9. The molecule has 18 nitrogen and oxygen atoms in total. The maximum atomic E-state index is 15.4. The van der Waals surface area contributed by atoms with E-state index < -0.39 is 125 Å². The van der Waals surface area contributed by atoms with E-state index in [4.69, 9.17) is 37.9 Å². The van der Waals surface area contributed by atoms with Crippen LogP contribution in [0.1, 0.15) is 173 Å². The number of esters is 3. The lowest BCUT2D eigenvalue weighted by atomic mass is 9.44. The third-order valence-corrected chi connectivity index (χ3v) is 17.4. The zero-order valence-electron chi connectivity index (χ0n) is 47.7. The normalized spacial score (nSPS) is 30.4. The lowest BCUT2D eigenvalue weighted by Gasteiger charge is -2.67. The Balaban J connectivity index is 1.09. The Hall–Kier alpha value is -5.50. The number of Topliss-reactive ketones (excluding diaryl/α,β-unsaturated/α-hetero) is 1. The van der Waals surface area contributed by atoms with E-state index in [0.717, 1.165) is 58.8 Å². The van der Waals surface area contributed by atoms with Gasteiger partial charge >= 0.3 is 24.1 Å². The monoisotopic (exact) mass is 1120 g/mol. The summed E-state index contributed by atoms with van der Waals surface area (Å²) >= 11 is 0. The molecule has 2 bridgehead atoms. The molecule has 80 heavy (non-hydrogen) atoms. The third kappa shape index (κ3) is 13.7. The summed E-state index contributed by atoms with van der Waals surface area (Å²) in [7, 11) is 0. The van der Waals surface area contributed by atoms with Crippen molar-refractivity contribution in [1.82, 2.24) is 5.32 Å². The number of hydrogen-bond donors (Lipinski definition) is 4. The van der Waals surface area contributed by atoms with Gasteiger partial charge in [-0.3, -0.25) is 19.2 Å². The number of carbonyl (C=O) groups excluding carboxylic acids is 6. The summed E-state index contributed by atoms with van der Waals surface area (Å²) in [5.41, 5.74) is -7.17. The Morgan fingerprint density at radius 1 is 0.812 bits per heavy atom. The van der Waals surface area contributed by atoms with Crippen LogP contribution in [0, 0.1) is 16.7 Å². The summed E-state index contributed by atoms with van der Waals surface area (Å²) in [6, 6.07) is 15.0. The van der Waals surface area contributed by atoms with Crippen LogP contribution in [0.2, 0.25) is 0 Å². The van der Waals surface area contributed by atoms with Gasteiger partial charge in [-0.1, -0.05) is 133 Å². The summed E-state index contributed by atoms with van der Waals surface area (Å²) in [5, 5.41) is 41.0. The van der Waals surface area contributed by atoms with Crippen LogP contribution in [0.15, 0.2) is 84.0 Å². The molecule has 0 radical (unpaired) electrons. The van der Waals surface area contributed by atoms with Crippen LogP contribution in [0.3, 0.4) is 0 Å². The Labute approximate surface area is 470 Å². The second-order valence-corrected chi connectivity index (χ2v) is 23.2. The van der Waals surface area contributed by atoms with Gasteiger partial charge in [-0.2, -0.15) is 0 Å². The predicted octanol–water partition coefficient (Wildman–Crippen LogP) is 8.81. The molecule has 13 atom stereocenters. The fourth-order valence-corrected chi connectivity index (χ4v) is 12.8. The van der Waals surface area contributed by atoms with E-state index in [-0.39, 0.29) is 43.0 Å². The van der Waals surface area contributed by atoms with Crippen LogP contribution < -0.4 is 5.32 Å².